The summed E-state index contributed by atoms with van der Waals surface area (Å²) in [6.45, 7) is 6.01. The first-order valence-corrected chi connectivity index (χ1v) is 9.08. The van der Waals surface area contributed by atoms with Crippen LogP contribution in [0, 0.1) is 0 Å². The Morgan fingerprint density at radius 1 is 1.15 bits per heavy atom. The van der Waals surface area contributed by atoms with Gasteiger partial charge in [-0.2, -0.15) is 0 Å². The molecule has 2 N–H and O–H groups in total. The molecule has 0 aliphatic rings. The summed E-state index contributed by atoms with van der Waals surface area (Å²) in [7, 11) is 0. The molecule has 0 saturated carbocycles. The van der Waals surface area contributed by atoms with E-state index in [9.17, 15) is 9.90 Å². The van der Waals surface area contributed by atoms with E-state index in [2.05, 4.69) is 12.2 Å². The Morgan fingerprint density at radius 2 is 1.85 bits per heavy atom. The zero-order chi connectivity index (χ0) is 18.7. The van der Waals surface area contributed by atoms with E-state index in [0.717, 1.165) is 35.3 Å². The number of rotatable bonds is 6. The topological polar surface area (TPSA) is 67.2 Å². The highest BCUT2D eigenvalue weighted by molar-refractivity contribution is 5.87. The number of fused-ring (bicyclic) bond motifs is 1. The zero-order valence-electron chi connectivity index (χ0n) is 15.4. The van der Waals surface area contributed by atoms with Crippen molar-refractivity contribution in [2.24, 2.45) is 0 Å². The molecule has 0 radical (unpaired) electrons. The Balaban J connectivity index is 2.19. The number of aromatic nitrogens is 2. The van der Waals surface area contributed by atoms with Gasteiger partial charge in [0.15, 0.2) is 0 Å². The fourth-order valence-corrected chi connectivity index (χ4v) is 3.21. The molecule has 1 heterocycles. The minimum atomic E-state index is -0.335. The Hall–Kier alpha value is -2.82. The fourth-order valence-electron chi connectivity index (χ4n) is 3.21. The van der Waals surface area contributed by atoms with Crippen molar-refractivity contribution >= 4 is 16.9 Å². The average Bonchev–Trinajstić information content (AvgIpc) is 2.99. The van der Waals surface area contributed by atoms with E-state index in [0.29, 0.717) is 0 Å². The Labute approximate surface area is 153 Å². The predicted molar refractivity (Wildman–Crippen MR) is 104 cm³/mol. The third-order valence-electron chi connectivity index (χ3n) is 4.33. The van der Waals surface area contributed by atoms with E-state index < -0.39 is 0 Å². The average molecular weight is 351 g/mol. The van der Waals surface area contributed by atoms with Crippen LogP contribution in [0.1, 0.15) is 39.7 Å². The van der Waals surface area contributed by atoms with Gasteiger partial charge in [0.25, 0.3) is 0 Å². The normalized spacial score (nSPS) is 12.5. The molecule has 2 aromatic carbocycles. The maximum atomic E-state index is 12.9. The van der Waals surface area contributed by atoms with Crippen molar-refractivity contribution in [1.82, 2.24) is 14.9 Å². The van der Waals surface area contributed by atoms with Crippen LogP contribution in [0.25, 0.3) is 22.4 Å². The number of para-hydroxylation sites is 2. The molecule has 1 atom stereocenters. The van der Waals surface area contributed by atoms with Gasteiger partial charge in [0.2, 0.25) is 5.91 Å². The SMILES string of the molecule is CCCC(C(=O)NC(C)C)n1c(-c2ccc(O)cc2)nc2ccccc21. The Kier molecular flexibility index (Phi) is 5.26. The number of nitrogens with one attached hydrogen (secondary N) is 1. The van der Waals surface area contributed by atoms with Gasteiger partial charge in [0, 0.05) is 11.6 Å². The molecular formula is C21H25N3O2. The number of amides is 1. The predicted octanol–water partition coefficient (Wildman–Crippen LogP) is 4.27. The van der Waals surface area contributed by atoms with Crippen LogP contribution in [-0.2, 0) is 4.79 Å². The number of carbonyl (C=O) groups excluding carboxylic acids is 1. The van der Waals surface area contributed by atoms with Gasteiger partial charge >= 0.3 is 0 Å². The molecular weight excluding hydrogens is 326 g/mol. The molecule has 3 aromatic rings. The standard InChI is InChI=1S/C21H25N3O2/c1-4-7-19(21(26)22-14(2)3)24-18-9-6-5-8-17(18)23-20(24)15-10-12-16(25)13-11-15/h5-6,8-14,19,25H,4,7H2,1-3H3,(H,22,26). The van der Waals surface area contributed by atoms with Crippen LogP contribution in [-0.4, -0.2) is 26.6 Å². The fraction of sp³-hybridized carbons (Fsp3) is 0.333. The second-order valence-electron chi connectivity index (χ2n) is 6.81. The van der Waals surface area contributed by atoms with E-state index in [1.807, 2.05) is 54.8 Å². The van der Waals surface area contributed by atoms with E-state index in [1.165, 1.54) is 0 Å². The van der Waals surface area contributed by atoms with Crippen molar-refractivity contribution in [3.8, 4) is 17.1 Å². The highest BCUT2D eigenvalue weighted by Crippen LogP contribution is 2.31. The van der Waals surface area contributed by atoms with Gasteiger partial charge in [-0.1, -0.05) is 25.5 Å². The first-order chi connectivity index (χ1) is 12.5. The number of imidazole rings is 1. The molecule has 5 heteroatoms. The quantitative estimate of drug-likeness (QED) is 0.697. The van der Waals surface area contributed by atoms with Crippen LogP contribution in [0.2, 0.25) is 0 Å². The van der Waals surface area contributed by atoms with Crippen LogP contribution in [0.15, 0.2) is 48.5 Å². The van der Waals surface area contributed by atoms with Gasteiger partial charge in [-0.3, -0.25) is 4.79 Å². The second-order valence-corrected chi connectivity index (χ2v) is 6.81. The maximum absolute atomic E-state index is 12.9. The van der Waals surface area contributed by atoms with Gasteiger partial charge in [-0.25, -0.2) is 4.98 Å². The van der Waals surface area contributed by atoms with E-state index >= 15 is 0 Å². The number of carbonyl (C=O) groups is 1. The van der Waals surface area contributed by atoms with Crippen molar-refractivity contribution in [3.63, 3.8) is 0 Å². The Morgan fingerprint density at radius 3 is 2.50 bits per heavy atom. The summed E-state index contributed by atoms with van der Waals surface area (Å²) in [5.41, 5.74) is 2.67. The summed E-state index contributed by atoms with van der Waals surface area (Å²) in [5, 5.41) is 12.6. The van der Waals surface area contributed by atoms with Crippen LogP contribution >= 0.6 is 0 Å². The molecule has 1 aromatic heterocycles. The summed E-state index contributed by atoms with van der Waals surface area (Å²) >= 11 is 0. The summed E-state index contributed by atoms with van der Waals surface area (Å²) < 4.78 is 2.03. The molecule has 0 spiro atoms. The van der Waals surface area contributed by atoms with Gasteiger partial charge < -0.3 is 15.0 Å². The van der Waals surface area contributed by atoms with E-state index in [-0.39, 0.29) is 23.7 Å². The first-order valence-electron chi connectivity index (χ1n) is 9.08. The lowest BCUT2D eigenvalue weighted by Gasteiger charge is -2.22. The lowest BCUT2D eigenvalue weighted by atomic mass is 10.1. The lowest BCUT2D eigenvalue weighted by molar-refractivity contribution is -0.124. The minimum absolute atomic E-state index is 0.00466. The van der Waals surface area contributed by atoms with Gasteiger partial charge in [-0.05, 0) is 56.7 Å². The zero-order valence-corrected chi connectivity index (χ0v) is 15.4. The monoisotopic (exact) mass is 351 g/mol. The number of hydrogen-bond donors (Lipinski definition) is 2. The molecule has 1 unspecified atom stereocenters. The minimum Gasteiger partial charge on any atom is -0.508 e. The van der Waals surface area contributed by atoms with Crippen molar-refractivity contribution in [2.45, 2.75) is 45.7 Å². The summed E-state index contributed by atoms with van der Waals surface area (Å²) in [6, 6.07) is 14.5. The number of nitrogens with zero attached hydrogens (tertiary/aromatic N) is 2. The van der Waals surface area contributed by atoms with E-state index in [4.69, 9.17) is 4.98 Å². The van der Waals surface area contributed by atoms with Crippen LogP contribution < -0.4 is 5.32 Å². The van der Waals surface area contributed by atoms with Crippen LogP contribution in [0.5, 0.6) is 5.75 Å². The third-order valence-corrected chi connectivity index (χ3v) is 4.33. The molecule has 0 aliphatic carbocycles. The molecule has 136 valence electrons. The number of phenols is 1. The molecule has 5 nitrogen and oxygen atoms in total. The number of benzene rings is 2. The molecule has 3 rings (SSSR count). The van der Waals surface area contributed by atoms with E-state index in [1.54, 1.807) is 12.1 Å². The number of aromatic hydroxyl groups is 1. The third kappa shape index (κ3) is 3.57. The molecule has 0 aliphatic heterocycles. The lowest BCUT2D eigenvalue weighted by Crippen LogP contribution is -2.37. The van der Waals surface area contributed by atoms with Crippen molar-refractivity contribution in [3.05, 3.63) is 48.5 Å². The summed E-state index contributed by atoms with van der Waals surface area (Å²) in [6.07, 6.45) is 1.61. The highest BCUT2D eigenvalue weighted by atomic mass is 16.3. The van der Waals surface area contributed by atoms with Crippen molar-refractivity contribution in [2.75, 3.05) is 0 Å². The first kappa shape index (κ1) is 18.0. The molecule has 26 heavy (non-hydrogen) atoms. The Bertz CT molecular complexity index is 897. The van der Waals surface area contributed by atoms with Crippen LogP contribution in [0.3, 0.4) is 0 Å². The van der Waals surface area contributed by atoms with Gasteiger partial charge in [0.1, 0.15) is 17.6 Å². The molecule has 0 fully saturated rings. The van der Waals surface area contributed by atoms with Crippen molar-refractivity contribution in [1.29, 1.82) is 0 Å². The molecule has 0 saturated heterocycles. The summed E-state index contributed by atoms with van der Waals surface area (Å²) in [5.74, 6) is 0.952. The molecule has 0 bridgehead atoms. The smallest absolute Gasteiger partial charge is 0.243 e. The number of hydrogen-bond acceptors (Lipinski definition) is 3. The second kappa shape index (κ2) is 7.60. The number of phenolic OH excluding ortho intramolecular Hbond substituents is 1. The highest BCUT2D eigenvalue weighted by Gasteiger charge is 2.25. The van der Waals surface area contributed by atoms with Crippen molar-refractivity contribution < 1.29 is 9.90 Å². The molecule has 1 amide bonds. The van der Waals surface area contributed by atoms with Crippen LogP contribution in [0.4, 0.5) is 0 Å². The maximum Gasteiger partial charge on any atom is 0.243 e. The summed E-state index contributed by atoms with van der Waals surface area (Å²) in [4.78, 5) is 17.7. The van der Waals surface area contributed by atoms with Gasteiger partial charge in [0.05, 0.1) is 11.0 Å². The van der Waals surface area contributed by atoms with Gasteiger partial charge in [-0.15, -0.1) is 0 Å². The largest absolute Gasteiger partial charge is 0.508 e.